The first-order valence-electron chi connectivity index (χ1n) is 7.20. The van der Waals surface area contributed by atoms with Gasteiger partial charge in [0, 0.05) is 17.2 Å². The van der Waals surface area contributed by atoms with Gasteiger partial charge in [0.2, 0.25) is 0 Å². The van der Waals surface area contributed by atoms with E-state index in [1.54, 1.807) is 0 Å². The van der Waals surface area contributed by atoms with Crippen LogP contribution < -0.4 is 9.47 Å². The van der Waals surface area contributed by atoms with Crippen molar-refractivity contribution >= 4 is 11.3 Å². The molecule has 0 saturated carbocycles. The lowest BCUT2D eigenvalue weighted by atomic mass is 10.00. The number of thiophene rings is 1. The van der Waals surface area contributed by atoms with Crippen molar-refractivity contribution in [2.45, 2.75) is 49.1 Å². The summed E-state index contributed by atoms with van der Waals surface area (Å²) in [5.74, 6) is -21.8. The fourth-order valence-corrected chi connectivity index (χ4v) is 2.35. The smallest absolute Gasteiger partial charge is 0.489 e. The van der Waals surface area contributed by atoms with Gasteiger partial charge in [0.1, 0.15) is 0 Å². The Bertz CT molecular complexity index is 705. The van der Waals surface area contributed by atoms with Crippen molar-refractivity contribution in [3.05, 3.63) is 10.8 Å². The topological polar surface area (TPSA) is 18.5 Å². The maximum Gasteiger partial charge on any atom is 0.499 e. The van der Waals surface area contributed by atoms with Gasteiger partial charge in [-0.2, -0.15) is 61.5 Å². The predicted molar refractivity (Wildman–Crippen MR) is 71.6 cm³/mol. The van der Waals surface area contributed by atoms with Crippen LogP contribution in [-0.2, 0) is 0 Å². The van der Waals surface area contributed by atoms with Crippen molar-refractivity contribution in [3.63, 3.8) is 0 Å². The van der Waals surface area contributed by atoms with Crippen LogP contribution in [0.3, 0.4) is 0 Å². The number of halogens is 14. The summed E-state index contributed by atoms with van der Waals surface area (Å²) in [6.07, 6.45) is -22.4. The molecule has 0 aliphatic rings. The second-order valence-electron chi connectivity index (χ2n) is 5.52. The van der Waals surface area contributed by atoms with E-state index < -0.39 is 67.2 Å². The number of rotatable bonds is 9. The van der Waals surface area contributed by atoms with Crippen LogP contribution in [0.5, 0.6) is 11.5 Å². The van der Waals surface area contributed by atoms with E-state index in [1.165, 1.54) is 0 Å². The van der Waals surface area contributed by atoms with Gasteiger partial charge in [-0.25, -0.2) is 0 Å². The molecule has 1 heterocycles. The van der Waals surface area contributed by atoms with Gasteiger partial charge in [0.05, 0.1) is 6.61 Å². The summed E-state index contributed by atoms with van der Waals surface area (Å²) in [6.45, 7) is -1.14. The van der Waals surface area contributed by atoms with Crippen LogP contribution in [-0.4, -0.2) is 42.8 Å². The molecule has 0 aliphatic heterocycles. The molecule has 0 aliphatic carbocycles. The molecular formula is C13H8F14O2S. The van der Waals surface area contributed by atoms with Crippen molar-refractivity contribution in [2.75, 3.05) is 6.61 Å². The molecule has 1 aromatic rings. The molecule has 0 spiro atoms. The molecule has 0 radical (unpaired) electrons. The average Bonchev–Trinajstić information content (AvgIpc) is 2.95. The Morgan fingerprint density at radius 1 is 0.667 bits per heavy atom. The Morgan fingerprint density at radius 2 is 1.17 bits per heavy atom. The van der Waals surface area contributed by atoms with E-state index in [1.807, 2.05) is 0 Å². The van der Waals surface area contributed by atoms with E-state index in [9.17, 15) is 61.5 Å². The molecule has 176 valence electrons. The SMILES string of the molecule is FC(F)(F)C(F)(F)Oc1cscc1OCCCC(F)(F)C(F)(F)C(F)(F)C(F)(F)F. The molecule has 0 atom stereocenters. The van der Waals surface area contributed by atoms with E-state index in [4.69, 9.17) is 0 Å². The van der Waals surface area contributed by atoms with Gasteiger partial charge < -0.3 is 9.47 Å². The molecule has 0 fully saturated rings. The molecule has 2 nitrogen and oxygen atoms in total. The minimum atomic E-state index is -7.07. The van der Waals surface area contributed by atoms with Crippen LogP contribution in [0, 0.1) is 0 Å². The molecule has 0 bridgehead atoms. The molecule has 30 heavy (non-hydrogen) atoms. The first-order chi connectivity index (χ1) is 13.2. The second kappa shape index (κ2) is 8.11. The number of alkyl halides is 14. The summed E-state index contributed by atoms with van der Waals surface area (Å²) in [5, 5.41) is 1.34. The third-order valence-corrected chi connectivity index (χ3v) is 3.96. The van der Waals surface area contributed by atoms with E-state index in [2.05, 4.69) is 9.47 Å². The molecule has 0 saturated heterocycles. The zero-order valence-electron chi connectivity index (χ0n) is 13.8. The lowest BCUT2D eigenvalue weighted by Crippen LogP contribution is -2.60. The third kappa shape index (κ3) is 5.14. The first-order valence-corrected chi connectivity index (χ1v) is 8.14. The molecular weight excluding hydrogens is 486 g/mol. The molecule has 0 amide bonds. The summed E-state index contributed by atoms with van der Waals surface area (Å²) in [6, 6.07) is 0. The lowest BCUT2D eigenvalue weighted by molar-refractivity contribution is -0.396. The maximum absolute atomic E-state index is 13.3. The third-order valence-electron chi connectivity index (χ3n) is 3.26. The minimum Gasteiger partial charge on any atom is -0.489 e. The summed E-state index contributed by atoms with van der Waals surface area (Å²) in [5.41, 5.74) is 0. The highest BCUT2D eigenvalue weighted by Gasteiger charge is 2.81. The van der Waals surface area contributed by atoms with Crippen LogP contribution in [0.25, 0.3) is 0 Å². The first kappa shape index (κ1) is 26.4. The van der Waals surface area contributed by atoms with Crippen molar-refractivity contribution in [2.24, 2.45) is 0 Å². The molecule has 0 unspecified atom stereocenters. The zero-order valence-corrected chi connectivity index (χ0v) is 14.6. The standard InChI is InChI=1S/C13H8F14O2S/c14-8(15,9(16,17)10(18,19)11(20,21)22)2-1-3-28-6-4-30-5-7(6)29-13(26,27)12(23,24)25/h4-5H,1-3H2. The monoisotopic (exact) mass is 494 g/mol. The lowest BCUT2D eigenvalue weighted by Gasteiger charge is -2.33. The van der Waals surface area contributed by atoms with Gasteiger partial charge in [-0.05, 0) is 6.42 Å². The molecule has 1 aromatic heterocycles. The summed E-state index contributed by atoms with van der Waals surface area (Å²) >= 11 is 0.448. The number of hydrogen-bond acceptors (Lipinski definition) is 3. The van der Waals surface area contributed by atoms with Crippen molar-refractivity contribution < 1.29 is 70.9 Å². The fourth-order valence-electron chi connectivity index (χ4n) is 1.69. The van der Waals surface area contributed by atoms with Crippen LogP contribution in [0.2, 0.25) is 0 Å². The normalized spacial score (nSPS) is 14.7. The molecule has 0 aromatic carbocycles. The number of ether oxygens (including phenoxy) is 2. The van der Waals surface area contributed by atoms with Gasteiger partial charge in [-0.3, -0.25) is 0 Å². The van der Waals surface area contributed by atoms with Gasteiger partial charge in [0.25, 0.3) is 0 Å². The van der Waals surface area contributed by atoms with Crippen LogP contribution in [0.1, 0.15) is 12.8 Å². The summed E-state index contributed by atoms with van der Waals surface area (Å²) in [7, 11) is 0. The van der Waals surface area contributed by atoms with E-state index in [0.717, 1.165) is 5.38 Å². The number of hydrogen-bond donors (Lipinski definition) is 0. The molecule has 0 N–H and O–H groups in total. The van der Waals surface area contributed by atoms with Crippen molar-refractivity contribution in [1.29, 1.82) is 0 Å². The fraction of sp³-hybridized carbons (Fsp3) is 0.692. The van der Waals surface area contributed by atoms with Gasteiger partial charge in [-0.1, -0.05) is 0 Å². The average molecular weight is 494 g/mol. The van der Waals surface area contributed by atoms with Gasteiger partial charge >= 0.3 is 36.2 Å². The Hall–Kier alpha value is -1.68. The Kier molecular flexibility index (Phi) is 7.12. The quantitative estimate of drug-likeness (QED) is 0.275. The van der Waals surface area contributed by atoms with E-state index in [-0.39, 0.29) is 0 Å². The second-order valence-corrected chi connectivity index (χ2v) is 6.26. The van der Waals surface area contributed by atoms with Gasteiger partial charge in [-0.15, -0.1) is 11.3 Å². The predicted octanol–water partition coefficient (Wildman–Crippen LogP) is 6.91. The van der Waals surface area contributed by atoms with Gasteiger partial charge in [0.15, 0.2) is 11.5 Å². The molecule has 1 rings (SSSR count). The van der Waals surface area contributed by atoms with Crippen LogP contribution in [0.4, 0.5) is 61.5 Å². The Morgan fingerprint density at radius 3 is 1.63 bits per heavy atom. The Labute approximate surface area is 161 Å². The maximum atomic E-state index is 13.3. The summed E-state index contributed by atoms with van der Waals surface area (Å²) in [4.78, 5) is 0. The summed E-state index contributed by atoms with van der Waals surface area (Å²) < 4.78 is 184. The highest BCUT2D eigenvalue weighted by atomic mass is 32.1. The highest BCUT2D eigenvalue weighted by molar-refractivity contribution is 7.08. The minimum absolute atomic E-state index is 0.448. The van der Waals surface area contributed by atoms with Crippen LogP contribution >= 0.6 is 11.3 Å². The molecule has 17 heteroatoms. The largest absolute Gasteiger partial charge is 0.499 e. The van der Waals surface area contributed by atoms with E-state index >= 15 is 0 Å². The van der Waals surface area contributed by atoms with Crippen LogP contribution in [0.15, 0.2) is 10.8 Å². The highest BCUT2D eigenvalue weighted by Crippen LogP contribution is 2.54. The van der Waals surface area contributed by atoms with Crippen molar-refractivity contribution in [3.8, 4) is 11.5 Å². The zero-order chi connectivity index (χ0) is 23.8. The Balaban J connectivity index is 2.76. The van der Waals surface area contributed by atoms with Crippen molar-refractivity contribution in [1.82, 2.24) is 0 Å². The van der Waals surface area contributed by atoms with E-state index in [0.29, 0.717) is 16.7 Å².